The molecule has 0 bridgehead atoms. The normalized spacial score (nSPS) is 21.0. The summed E-state index contributed by atoms with van der Waals surface area (Å²) in [6.45, 7) is 1.71. The molecule has 0 unspecified atom stereocenters. The summed E-state index contributed by atoms with van der Waals surface area (Å²) in [5.74, 6) is 1.73. The van der Waals surface area contributed by atoms with E-state index in [1.54, 1.807) is 0 Å². The molecule has 2 fully saturated rings. The van der Waals surface area contributed by atoms with Crippen molar-refractivity contribution in [3.8, 4) is 0 Å². The average molecular weight is 290 g/mol. The first-order valence-corrected chi connectivity index (χ1v) is 8.31. The number of rotatable bonds is 4. The second-order valence-electron chi connectivity index (χ2n) is 6.52. The third kappa shape index (κ3) is 3.57. The number of carbonyl (C=O) groups is 1. The number of hydrogen-bond acceptors (Lipinski definition) is 3. The number of likely N-dealkylation sites (tertiary alicyclic amines) is 1. The summed E-state index contributed by atoms with van der Waals surface area (Å²) in [6.07, 6.45) is 11.1. The van der Waals surface area contributed by atoms with Crippen molar-refractivity contribution in [3.63, 3.8) is 0 Å². The van der Waals surface area contributed by atoms with Crippen LogP contribution in [0, 0.1) is 5.92 Å². The molecule has 1 saturated carbocycles. The maximum Gasteiger partial charge on any atom is 0.222 e. The number of nitrogens with zero attached hydrogens (tertiary/aromatic N) is 3. The highest BCUT2D eigenvalue weighted by molar-refractivity contribution is 5.76. The van der Waals surface area contributed by atoms with Crippen LogP contribution in [0.3, 0.4) is 0 Å². The predicted octanol–water partition coefficient (Wildman–Crippen LogP) is 2.60. The number of piperidine rings is 1. The first kappa shape index (κ1) is 14.4. The number of carbonyl (C=O) groups excluding carboxylic acids is 1. The van der Waals surface area contributed by atoms with Gasteiger partial charge < -0.3 is 10.6 Å². The summed E-state index contributed by atoms with van der Waals surface area (Å²) in [5, 5.41) is 4.28. The van der Waals surface area contributed by atoms with Gasteiger partial charge in [0.1, 0.15) is 5.82 Å². The fraction of sp³-hybridized carbons (Fsp3) is 0.750. The summed E-state index contributed by atoms with van der Waals surface area (Å²) in [7, 11) is 0. The van der Waals surface area contributed by atoms with E-state index in [1.807, 2.05) is 21.8 Å². The molecule has 2 N–H and O–H groups in total. The monoisotopic (exact) mass is 290 g/mol. The molecule has 5 nitrogen and oxygen atoms in total. The lowest BCUT2D eigenvalue weighted by atomic mass is 10.00. The molecule has 3 rings (SSSR count). The van der Waals surface area contributed by atoms with Crippen LogP contribution in [-0.4, -0.2) is 33.7 Å². The van der Waals surface area contributed by atoms with Crippen molar-refractivity contribution in [3.05, 3.63) is 12.3 Å². The van der Waals surface area contributed by atoms with Crippen LogP contribution in [-0.2, 0) is 4.79 Å². The molecule has 0 spiro atoms. The molecule has 116 valence electrons. The number of amides is 1. The van der Waals surface area contributed by atoms with Gasteiger partial charge in [-0.2, -0.15) is 5.10 Å². The minimum absolute atomic E-state index is 0.348. The number of nitrogen functional groups attached to an aromatic ring is 1. The highest BCUT2D eigenvalue weighted by atomic mass is 16.2. The van der Waals surface area contributed by atoms with Gasteiger partial charge in [-0.25, -0.2) is 0 Å². The van der Waals surface area contributed by atoms with Crippen molar-refractivity contribution in [2.75, 3.05) is 18.8 Å². The Kier molecular flexibility index (Phi) is 4.46. The van der Waals surface area contributed by atoms with E-state index in [0.29, 0.717) is 17.8 Å². The quantitative estimate of drug-likeness (QED) is 0.927. The third-order valence-electron chi connectivity index (χ3n) is 5.06. The summed E-state index contributed by atoms with van der Waals surface area (Å²) in [6, 6.07) is 2.22. The molecule has 1 amide bonds. The molecule has 2 heterocycles. The summed E-state index contributed by atoms with van der Waals surface area (Å²) >= 11 is 0. The van der Waals surface area contributed by atoms with Crippen molar-refractivity contribution in [1.82, 2.24) is 14.7 Å². The number of nitrogens with two attached hydrogens (primary N) is 1. The molecule has 0 radical (unpaired) electrons. The van der Waals surface area contributed by atoms with Gasteiger partial charge in [0.2, 0.25) is 5.91 Å². The standard InChI is InChI=1S/C16H26N4O/c17-15-9-12-20(18-15)14-7-10-19(11-8-14)16(21)6-5-13-3-1-2-4-13/h9,12-14H,1-8,10-11H2,(H2,17,18). The second-order valence-corrected chi connectivity index (χ2v) is 6.52. The fourth-order valence-electron chi connectivity index (χ4n) is 3.72. The minimum atomic E-state index is 0.348. The van der Waals surface area contributed by atoms with Gasteiger partial charge in [0.05, 0.1) is 6.04 Å². The van der Waals surface area contributed by atoms with E-state index in [1.165, 1.54) is 25.7 Å². The maximum atomic E-state index is 12.3. The highest BCUT2D eigenvalue weighted by Crippen LogP contribution is 2.29. The Hall–Kier alpha value is -1.52. The lowest BCUT2D eigenvalue weighted by Crippen LogP contribution is -2.39. The Labute approximate surface area is 126 Å². The van der Waals surface area contributed by atoms with Crippen LogP contribution in [0.25, 0.3) is 0 Å². The third-order valence-corrected chi connectivity index (χ3v) is 5.06. The molecule has 1 saturated heterocycles. The zero-order valence-corrected chi connectivity index (χ0v) is 12.7. The molecule has 1 aromatic heterocycles. The molecule has 0 aromatic carbocycles. The van der Waals surface area contributed by atoms with Gasteiger partial charge in [0.25, 0.3) is 0 Å². The van der Waals surface area contributed by atoms with Crippen molar-refractivity contribution in [2.24, 2.45) is 5.92 Å². The lowest BCUT2D eigenvalue weighted by Gasteiger charge is -2.32. The SMILES string of the molecule is Nc1ccn(C2CCN(C(=O)CCC3CCCC3)CC2)n1. The Balaban J connectivity index is 1.43. The van der Waals surface area contributed by atoms with Crippen molar-refractivity contribution in [1.29, 1.82) is 0 Å². The van der Waals surface area contributed by atoms with E-state index >= 15 is 0 Å². The number of anilines is 1. The molecular weight excluding hydrogens is 264 g/mol. The van der Waals surface area contributed by atoms with Crippen LogP contribution in [0.1, 0.15) is 57.4 Å². The van der Waals surface area contributed by atoms with Crippen LogP contribution >= 0.6 is 0 Å². The summed E-state index contributed by atoms with van der Waals surface area (Å²) < 4.78 is 1.95. The molecule has 5 heteroatoms. The first-order valence-electron chi connectivity index (χ1n) is 8.31. The van der Waals surface area contributed by atoms with Gasteiger partial charge in [-0.3, -0.25) is 9.48 Å². The van der Waals surface area contributed by atoms with Crippen LogP contribution in [0.5, 0.6) is 0 Å². The zero-order chi connectivity index (χ0) is 14.7. The molecule has 21 heavy (non-hydrogen) atoms. The topological polar surface area (TPSA) is 64.2 Å². The number of aromatic nitrogens is 2. The molecule has 1 aliphatic heterocycles. The first-order chi connectivity index (χ1) is 10.2. The molecular formula is C16H26N4O. The summed E-state index contributed by atoms with van der Waals surface area (Å²) in [4.78, 5) is 14.3. The van der Waals surface area contributed by atoms with Gasteiger partial charge in [0.15, 0.2) is 0 Å². The van der Waals surface area contributed by atoms with E-state index in [9.17, 15) is 4.79 Å². The van der Waals surface area contributed by atoms with Crippen LogP contribution in [0.15, 0.2) is 12.3 Å². The average Bonchev–Trinajstić information content (AvgIpc) is 3.16. The van der Waals surface area contributed by atoms with E-state index in [2.05, 4.69) is 5.10 Å². The van der Waals surface area contributed by atoms with Crippen molar-refractivity contribution >= 4 is 11.7 Å². The molecule has 1 aliphatic carbocycles. The van der Waals surface area contributed by atoms with E-state index in [-0.39, 0.29) is 0 Å². The van der Waals surface area contributed by atoms with Crippen molar-refractivity contribution in [2.45, 2.75) is 57.4 Å². The molecule has 0 atom stereocenters. The van der Waals surface area contributed by atoms with E-state index in [0.717, 1.165) is 44.7 Å². The molecule has 1 aromatic rings. The number of hydrogen-bond donors (Lipinski definition) is 1. The highest BCUT2D eigenvalue weighted by Gasteiger charge is 2.25. The van der Waals surface area contributed by atoms with Gasteiger partial charge in [-0.1, -0.05) is 25.7 Å². The Morgan fingerprint density at radius 2 is 1.95 bits per heavy atom. The molecule has 2 aliphatic rings. The van der Waals surface area contributed by atoms with Crippen LogP contribution in [0.2, 0.25) is 0 Å². The Bertz CT molecular complexity index is 470. The van der Waals surface area contributed by atoms with Crippen LogP contribution in [0.4, 0.5) is 5.82 Å². The minimum Gasteiger partial charge on any atom is -0.382 e. The van der Waals surface area contributed by atoms with Gasteiger partial charge >= 0.3 is 0 Å². The van der Waals surface area contributed by atoms with Gasteiger partial charge in [-0.05, 0) is 31.2 Å². The van der Waals surface area contributed by atoms with Crippen LogP contribution < -0.4 is 5.73 Å². The zero-order valence-electron chi connectivity index (χ0n) is 12.7. The largest absolute Gasteiger partial charge is 0.382 e. The fourth-order valence-corrected chi connectivity index (χ4v) is 3.72. The second kappa shape index (κ2) is 6.50. The Morgan fingerprint density at radius 1 is 1.24 bits per heavy atom. The van der Waals surface area contributed by atoms with Crippen molar-refractivity contribution < 1.29 is 4.79 Å². The maximum absolute atomic E-state index is 12.3. The van der Waals surface area contributed by atoms with E-state index < -0.39 is 0 Å². The predicted molar refractivity (Wildman–Crippen MR) is 82.7 cm³/mol. The van der Waals surface area contributed by atoms with E-state index in [4.69, 9.17) is 5.73 Å². The van der Waals surface area contributed by atoms with Gasteiger partial charge in [-0.15, -0.1) is 0 Å². The summed E-state index contributed by atoms with van der Waals surface area (Å²) in [5.41, 5.74) is 5.66. The Morgan fingerprint density at radius 3 is 2.57 bits per heavy atom. The van der Waals surface area contributed by atoms with Gasteiger partial charge in [0, 0.05) is 25.7 Å². The lowest BCUT2D eigenvalue weighted by molar-refractivity contribution is -0.132. The smallest absolute Gasteiger partial charge is 0.222 e.